The highest BCUT2D eigenvalue weighted by molar-refractivity contribution is 9.10. The van der Waals surface area contributed by atoms with Gasteiger partial charge in [-0.25, -0.2) is 4.39 Å². The lowest BCUT2D eigenvalue weighted by molar-refractivity contribution is 0.551. The zero-order valence-electron chi connectivity index (χ0n) is 13.1. The average molecular weight is 442 g/mol. The summed E-state index contributed by atoms with van der Waals surface area (Å²) in [6.07, 6.45) is 1.91. The number of fused-ring (bicyclic) bond motifs is 1. The Balaban J connectivity index is 1.79. The van der Waals surface area contributed by atoms with E-state index in [9.17, 15) is 4.39 Å². The summed E-state index contributed by atoms with van der Waals surface area (Å²) >= 11 is 11.1. The van der Waals surface area contributed by atoms with Crippen molar-refractivity contribution in [3.63, 3.8) is 0 Å². The van der Waals surface area contributed by atoms with Crippen molar-refractivity contribution in [1.82, 2.24) is 29.6 Å². The van der Waals surface area contributed by atoms with E-state index >= 15 is 0 Å². The molecule has 0 radical (unpaired) electrons. The van der Waals surface area contributed by atoms with Gasteiger partial charge in [0.2, 0.25) is 4.96 Å². The van der Waals surface area contributed by atoms with Crippen molar-refractivity contribution >= 4 is 43.8 Å². The molecule has 1 unspecified atom stereocenters. The molecule has 0 saturated heterocycles. The molecule has 10 heteroatoms. The zero-order valence-corrected chi connectivity index (χ0v) is 16.3. The lowest BCUT2D eigenvalue weighted by atomic mass is 10.2. The summed E-state index contributed by atoms with van der Waals surface area (Å²) in [5.74, 6) is 0.0175. The van der Waals surface area contributed by atoms with E-state index in [0.29, 0.717) is 21.4 Å². The Kier molecular flexibility index (Phi) is 4.09. The van der Waals surface area contributed by atoms with Crippen LogP contribution in [-0.2, 0) is 0 Å². The van der Waals surface area contributed by atoms with Gasteiger partial charge in [0.05, 0.1) is 15.2 Å². The first-order valence-electron chi connectivity index (χ1n) is 7.33. The van der Waals surface area contributed by atoms with Crippen LogP contribution in [0.4, 0.5) is 4.39 Å². The summed E-state index contributed by atoms with van der Waals surface area (Å²) in [4.78, 5) is 0.611. The number of hydrogen-bond donors (Lipinski definition) is 0. The summed E-state index contributed by atoms with van der Waals surface area (Å²) < 4.78 is 17.9. The topological polar surface area (TPSA) is 60.9 Å². The molecule has 3 heterocycles. The first-order valence-corrected chi connectivity index (χ1v) is 9.31. The molecule has 1 atom stereocenters. The zero-order chi connectivity index (χ0) is 17.7. The first kappa shape index (κ1) is 16.6. The van der Waals surface area contributed by atoms with E-state index in [0.717, 1.165) is 15.2 Å². The molecule has 1 aromatic carbocycles. The monoisotopic (exact) mass is 440 g/mol. The van der Waals surface area contributed by atoms with Crippen LogP contribution in [0.5, 0.6) is 0 Å². The molecule has 4 aromatic rings. The Morgan fingerprint density at radius 1 is 1.28 bits per heavy atom. The van der Waals surface area contributed by atoms with Crippen LogP contribution in [0.1, 0.15) is 23.7 Å². The molecule has 6 nitrogen and oxygen atoms in total. The third-order valence-corrected chi connectivity index (χ3v) is 5.96. The maximum absolute atomic E-state index is 13.6. The minimum absolute atomic E-state index is 0.0764. The quantitative estimate of drug-likeness (QED) is 0.469. The van der Waals surface area contributed by atoms with E-state index in [1.807, 2.05) is 24.7 Å². The highest BCUT2D eigenvalue weighted by Crippen LogP contribution is 2.31. The molecule has 0 aliphatic heterocycles. The fraction of sp³-hybridized carbons (Fsp3) is 0.200. The number of aryl methyl sites for hydroxylation is 1. The van der Waals surface area contributed by atoms with Gasteiger partial charge in [0.25, 0.3) is 0 Å². The van der Waals surface area contributed by atoms with Gasteiger partial charge in [-0.1, -0.05) is 22.9 Å². The van der Waals surface area contributed by atoms with Gasteiger partial charge < -0.3 is 0 Å². The third-order valence-electron chi connectivity index (χ3n) is 3.79. The van der Waals surface area contributed by atoms with E-state index < -0.39 is 5.82 Å². The van der Waals surface area contributed by atoms with Crippen molar-refractivity contribution in [3.05, 3.63) is 50.4 Å². The highest BCUT2D eigenvalue weighted by atomic mass is 79.9. The number of nitrogens with zero attached hydrogens (tertiary/aromatic N) is 6. The second kappa shape index (κ2) is 6.15. The lowest BCUT2D eigenvalue weighted by Crippen LogP contribution is -2.08. The predicted molar refractivity (Wildman–Crippen MR) is 97.5 cm³/mol. The Morgan fingerprint density at radius 2 is 2.08 bits per heavy atom. The van der Waals surface area contributed by atoms with E-state index in [1.165, 1.54) is 29.5 Å². The fourth-order valence-electron chi connectivity index (χ4n) is 2.41. The number of aromatic nitrogens is 6. The van der Waals surface area contributed by atoms with Gasteiger partial charge in [-0.3, -0.25) is 4.68 Å². The third kappa shape index (κ3) is 2.86. The summed E-state index contributed by atoms with van der Waals surface area (Å²) in [7, 11) is 0. The van der Waals surface area contributed by atoms with Gasteiger partial charge in [-0.15, -0.1) is 10.2 Å². The Hall–Kier alpha value is -1.84. The van der Waals surface area contributed by atoms with Crippen LogP contribution in [0.3, 0.4) is 0 Å². The number of hydrogen-bond acceptors (Lipinski definition) is 5. The number of rotatable bonds is 3. The molecule has 0 bridgehead atoms. The molecule has 0 aliphatic rings. The maximum atomic E-state index is 13.6. The molecular formula is C15H11BrClFN6S. The van der Waals surface area contributed by atoms with Crippen molar-refractivity contribution in [2.24, 2.45) is 0 Å². The van der Waals surface area contributed by atoms with Gasteiger partial charge >= 0.3 is 0 Å². The molecule has 0 amide bonds. The number of benzene rings is 1. The van der Waals surface area contributed by atoms with Gasteiger partial charge in [-0.05, 0) is 48.0 Å². The minimum atomic E-state index is -0.392. The largest absolute Gasteiger partial charge is 0.262 e. The van der Waals surface area contributed by atoms with E-state index in [1.54, 1.807) is 4.52 Å². The summed E-state index contributed by atoms with van der Waals surface area (Å²) in [6, 6.07) is 4.05. The minimum Gasteiger partial charge on any atom is -0.262 e. The second-order valence-electron chi connectivity index (χ2n) is 5.50. The van der Waals surface area contributed by atoms with E-state index in [4.69, 9.17) is 11.6 Å². The summed E-state index contributed by atoms with van der Waals surface area (Å²) in [5.41, 5.74) is 1.36. The second-order valence-corrected chi connectivity index (χ2v) is 7.75. The van der Waals surface area contributed by atoms with Crippen molar-refractivity contribution in [1.29, 1.82) is 0 Å². The standard InChI is InChI=1S/C15H11BrClFN6S/c1-7-11(16)6-23(21-7)8(2)14-22-24-13(19-20-15(24)25-14)10-5-9(18)3-4-12(10)17/h3-6,8H,1-2H3. The van der Waals surface area contributed by atoms with Crippen molar-refractivity contribution in [3.8, 4) is 11.4 Å². The lowest BCUT2D eigenvalue weighted by Gasteiger charge is -2.07. The fourth-order valence-corrected chi connectivity index (χ4v) is 3.78. The molecule has 128 valence electrons. The molecule has 4 rings (SSSR count). The van der Waals surface area contributed by atoms with E-state index in [2.05, 4.69) is 36.3 Å². The molecular weight excluding hydrogens is 431 g/mol. The van der Waals surface area contributed by atoms with E-state index in [-0.39, 0.29) is 6.04 Å². The molecule has 3 aromatic heterocycles. The molecule has 0 spiro atoms. The maximum Gasteiger partial charge on any atom is 0.235 e. The van der Waals surface area contributed by atoms with Crippen molar-refractivity contribution in [2.45, 2.75) is 19.9 Å². The first-order chi connectivity index (χ1) is 11.9. The van der Waals surface area contributed by atoms with Crippen LogP contribution in [0.2, 0.25) is 5.02 Å². The van der Waals surface area contributed by atoms with Crippen LogP contribution >= 0.6 is 38.9 Å². The van der Waals surface area contributed by atoms with Gasteiger partial charge in [0, 0.05) is 11.8 Å². The van der Waals surface area contributed by atoms with Crippen LogP contribution in [0.25, 0.3) is 16.3 Å². The normalized spacial score (nSPS) is 12.8. The molecule has 0 saturated carbocycles. The molecule has 0 fully saturated rings. The average Bonchev–Trinajstić information content (AvgIpc) is 3.24. The Morgan fingerprint density at radius 3 is 2.80 bits per heavy atom. The smallest absolute Gasteiger partial charge is 0.235 e. The van der Waals surface area contributed by atoms with Crippen LogP contribution < -0.4 is 0 Å². The van der Waals surface area contributed by atoms with Crippen LogP contribution in [-0.4, -0.2) is 29.6 Å². The number of halogens is 3. The molecule has 0 N–H and O–H groups in total. The predicted octanol–water partition coefficient (Wildman–Crippen LogP) is 4.52. The Bertz CT molecular complexity index is 1070. The van der Waals surface area contributed by atoms with Gasteiger partial charge in [0.15, 0.2) is 5.82 Å². The van der Waals surface area contributed by atoms with Crippen LogP contribution in [0, 0.1) is 12.7 Å². The van der Waals surface area contributed by atoms with Crippen molar-refractivity contribution in [2.75, 3.05) is 0 Å². The van der Waals surface area contributed by atoms with Gasteiger partial charge in [-0.2, -0.15) is 14.7 Å². The summed E-state index contributed by atoms with van der Waals surface area (Å²) in [6.45, 7) is 3.93. The van der Waals surface area contributed by atoms with Crippen LogP contribution in [0.15, 0.2) is 28.9 Å². The summed E-state index contributed by atoms with van der Waals surface area (Å²) in [5, 5.41) is 18.5. The highest BCUT2D eigenvalue weighted by Gasteiger charge is 2.20. The molecule has 25 heavy (non-hydrogen) atoms. The Labute approximate surface area is 159 Å². The van der Waals surface area contributed by atoms with Gasteiger partial charge in [0.1, 0.15) is 16.9 Å². The van der Waals surface area contributed by atoms with Crippen molar-refractivity contribution < 1.29 is 4.39 Å². The molecule has 0 aliphatic carbocycles. The SMILES string of the molecule is Cc1nn(C(C)c2nn3c(-c4cc(F)ccc4Cl)nnc3s2)cc1Br.